The molecule has 0 atom stereocenters. The van der Waals surface area contributed by atoms with Gasteiger partial charge in [0.15, 0.2) is 5.69 Å². The number of carbonyl (C=O) groups is 1. The predicted octanol–water partition coefficient (Wildman–Crippen LogP) is 1.32. The molecule has 90 valence electrons. The number of hydrogen-bond acceptors (Lipinski definition) is 5. The summed E-state index contributed by atoms with van der Waals surface area (Å²) in [6.45, 7) is 2.01. The van der Waals surface area contributed by atoms with E-state index >= 15 is 0 Å². The smallest absolute Gasteiger partial charge is 0.360 e. The van der Waals surface area contributed by atoms with Crippen LogP contribution in [0.2, 0.25) is 0 Å². The Balaban J connectivity index is 2.29. The second-order valence-corrected chi connectivity index (χ2v) is 3.43. The van der Waals surface area contributed by atoms with Gasteiger partial charge in [-0.05, 0) is 25.1 Å². The van der Waals surface area contributed by atoms with Crippen molar-refractivity contribution in [2.24, 2.45) is 0 Å². The summed E-state index contributed by atoms with van der Waals surface area (Å²) in [5.41, 5.74) is 1.32. The van der Waals surface area contributed by atoms with Crippen molar-refractivity contribution in [2.75, 3.05) is 6.61 Å². The minimum Gasteiger partial charge on any atom is -0.461 e. The average molecular weight is 242 g/mol. The molecule has 0 saturated heterocycles. The highest BCUT2D eigenvalue weighted by Crippen LogP contribution is 2.09. The van der Waals surface area contributed by atoms with Gasteiger partial charge in [-0.15, -0.1) is 5.10 Å². The van der Waals surface area contributed by atoms with Gasteiger partial charge >= 0.3 is 5.97 Å². The zero-order valence-corrected chi connectivity index (χ0v) is 9.70. The lowest BCUT2D eigenvalue weighted by Gasteiger charge is -1.99. The van der Waals surface area contributed by atoms with E-state index in [1.165, 1.54) is 10.9 Å². The Morgan fingerprint density at radius 3 is 3.11 bits per heavy atom. The van der Waals surface area contributed by atoms with Crippen molar-refractivity contribution in [3.05, 3.63) is 41.7 Å². The minimum atomic E-state index is -0.514. The van der Waals surface area contributed by atoms with Crippen LogP contribution in [0.25, 0.3) is 5.69 Å². The van der Waals surface area contributed by atoms with Gasteiger partial charge in [-0.3, -0.25) is 0 Å². The molecule has 0 spiro atoms. The Hall–Kier alpha value is -2.68. The molecule has 1 aromatic carbocycles. The van der Waals surface area contributed by atoms with Crippen LogP contribution < -0.4 is 0 Å². The van der Waals surface area contributed by atoms with Crippen LogP contribution in [-0.2, 0) is 4.74 Å². The summed E-state index contributed by atoms with van der Waals surface area (Å²) >= 11 is 0. The summed E-state index contributed by atoms with van der Waals surface area (Å²) in [4.78, 5) is 11.4. The molecule has 0 N–H and O–H groups in total. The third kappa shape index (κ3) is 2.35. The number of nitriles is 1. The van der Waals surface area contributed by atoms with E-state index in [4.69, 9.17) is 10.00 Å². The number of esters is 1. The minimum absolute atomic E-state index is 0.138. The van der Waals surface area contributed by atoms with Crippen LogP contribution in [0.1, 0.15) is 23.0 Å². The van der Waals surface area contributed by atoms with Crippen LogP contribution in [0.15, 0.2) is 30.5 Å². The quantitative estimate of drug-likeness (QED) is 0.758. The van der Waals surface area contributed by atoms with Gasteiger partial charge in [-0.2, -0.15) is 5.26 Å². The van der Waals surface area contributed by atoms with Gasteiger partial charge in [0.2, 0.25) is 0 Å². The van der Waals surface area contributed by atoms with Gasteiger partial charge in [-0.1, -0.05) is 11.3 Å². The summed E-state index contributed by atoms with van der Waals surface area (Å²) in [7, 11) is 0. The van der Waals surface area contributed by atoms with E-state index in [1.54, 1.807) is 31.2 Å². The van der Waals surface area contributed by atoms with Crippen LogP contribution in [-0.4, -0.2) is 27.6 Å². The van der Waals surface area contributed by atoms with E-state index in [0.717, 1.165) is 0 Å². The molecule has 6 heteroatoms. The van der Waals surface area contributed by atoms with Crippen LogP contribution in [0, 0.1) is 11.3 Å². The molecule has 2 aromatic rings. The largest absolute Gasteiger partial charge is 0.461 e. The number of aromatic nitrogens is 3. The lowest BCUT2D eigenvalue weighted by Crippen LogP contribution is -2.04. The van der Waals surface area contributed by atoms with Crippen molar-refractivity contribution in [1.29, 1.82) is 5.26 Å². The molecule has 0 unspecified atom stereocenters. The van der Waals surface area contributed by atoms with Crippen LogP contribution in [0.5, 0.6) is 0 Å². The maximum atomic E-state index is 11.4. The van der Waals surface area contributed by atoms with Gasteiger partial charge in [0.05, 0.1) is 30.1 Å². The average Bonchev–Trinajstić information content (AvgIpc) is 2.89. The number of hydrogen-bond donors (Lipinski definition) is 0. The fourth-order valence-electron chi connectivity index (χ4n) is 1.41. The molecule has 0 fully saturated rings. The van der Waals surface area contributed by atoms with Gasteiger partial charge in [-0.25, -0.2) is 9.48 Å². The Morgan fingerprint density at radius 1 is 1.56 bits per heavy atom. The SMILES string of the molecule is CCOC(=O)c1cn(-c2cccc(C#N)c2)nn1. The fraction of sp³-hybridized carbons (Fsp3) is 0.167. The lowest BCUT2D eigenvalue weighted by molar-refractivity contribution is 0.0519. The molecule has 0 saturated carbocycles. The zero-order valence-electron chi connectivity index (χ0n) is 9.70. The van der Waals surface area contributed by atoms with E-state index in [0.29, 0.717) is 11.3 Å². The summed E-state index contributed by atoms with van der Waals surface area (Å²) < 4.78 is 6.24. The second-order valence-electron chi connectivity index (χ2n) is 3.43. The van der Waals surface area contributed by atoms with Crippen molar-refractivity contribution in [3.63, 3.8) is 0 Å². The third-order valence-corrected chi connectivity index (χ3v) is 2.22. The maximum Gasteiger partial charge on any atom is 0.360 e. The van der Waals surface area contributed by atoms with Crippen molar-refractivity contribution in [3.8, 4) is 11.8 Å². The highest BCUT2D eigenvalue weighted by Gasteiger charge is 2.12. The summed E-state index contributed by atoms with van der Waals surface area (Å²) in [6.07, 6.45) is 1.47. The highest BCUT2D eigenvalue weighted by atomic mass is 16.5. The van der Waals surface area contributed by atoms with E-state index in [2.05, 4.69) is 10.3 Å². The van der Waals surface area contributed by atoms with Crippen molar-refractivity contribution >= 4 is 5.97 Å². The molecular formula is C12H10N4O2. The molecule has 1 aromatic heterocycles. The number of carbonyl (C=O) groups excluding carboxylic acids is 1. The number of rotatable bonds is 3. The Labute approximate surface area is 103 Å². The lowest BCUT2D eigenvalue weighted by atomic mass is 10.2. The van der Waals surface area contributed by atoms with Crippen LogP contribution in [0.3, 0.4) is 0 Å². The first-order chi connectivity index (χ1) is 8.74. The van der Waals surface area contributed by atoms with E-state index < -0.39 is 5.97 Å². The summed E-state index contributed by atoms with van der Waals surface area (Å²) in [5, 5.41) is 16.3. The Morgan fingerprint density at radius 2 is 2.39 bits per heavy atom. The molecule has 6 nitrogen and oxygen atoms in total. The number of nitrogens with zero attached hydrogens (tertiary/aromatic N) is 4. The first-order valence-corrected chi connectivity index (χ1v) is 5.34. The molecule has 0 radical (unpaired) electrons. The first kappa shape index (κ1) is 11.8. The molecule has 0 aliphatic heterocycles. The Bertz CT molecular complexity index is 613. The molecule has 0 amide bonds. The third-order valence-electron chi connectivity index (χ3n) is 2.22. The van der Waals surface area contributed by atoms with Crippen molar-refractivity contribution in [1.82, 2.24) is 15.0 Å². The number of ether oxygens (including phenoxy) is 1. The van der Waals surface area contributed by atoms with Gasteiger partial charge in [0, 0.05) is 0 Å². The highest BCUT2D eigenvalue weighted by molar-refractivity contribution is 5.86. The van der Waals surface area contributed by atoms with E-state index in [-0.39, 0.29) is 12.3 Å². The second kappa shape index (κ2) is 5.10. The first-order valence-electron chi connectivity index (χ1n) is 5.34. The molecule has 1 heterocycles. The Kier molecular flexibility index (Phi) is 3.34. The van der Waals surface area contributed by atoms with Crippen molar-refractivity contribution in [2.45, 2.75) is 6.92 Å². The summed E-state index contributed by atoms with van der Waals surface area (Å²) in [6, 6.07) is 8.88. The fourth-order valence-corrected chi connectivity index (χ4v) is 1.41. The normalized spacial score (nSPS) is 9.78. The molecule has 2 rings (SSSR count). The van der Waals surface area contributed by atoms with Gasteiger partial charge in [0.25, 0.3) is 0 Å². The van der Waals surface area contributed by atoms with Crippen LogP contribution >= 0.6 is 0 Å². The predicted molar refractivity (Wildman–Crippen MR) is 62.0 cm³/mol. The monoisotopic (exact) mass is 242 g/mol. The van der Waals surface area contributed by atoms with Gasteiger partial charge in [0.1, 0.15) is 0 Å². The molecular weight excluding hydrogens is 232 g/mol. The topological polar surface area (TPSA) is 80.8 Å². The molecule has 0 aliphatic rings. The number of benzene rings is 1. The van der Waals surface area contributed by atoms with E-state index in [9.17, 15) is 4.79 Å². The molecule has 0 bridgehead atoms. The van der Waals surface area contributed by atoms with Crippen molar-refractivity contribution < 1.29 is 9.53 Å². The van der Waals surface area contributed by atoms with Crippen LogP contribution in [0.4, 0.5) is 0 Å². The van der Waals surface area contributed by atoms with E-state index in [1.807, 2.05) is 6.07 Å². The van der Waals surface area contributed by atoms with Gasteiger partial charge < -0.3 is 4.74 Å². The molecule has 18 heavy (non-hydrogen) atoms. The maximum absolute atomic E-state index is 11.4. The zero-order chi connectivity index (χ0) is 13.0. The summed E-state index contributed by atoms with van der Waals surface area (Å²) in [5.74, 6) is -0.514. The standard InChI is InChI=1S/C12H10N4O2/c1-2-18-12(17)11-8-16(15-14-11)10-5-3-4-9(6-10)7-13/h3-6,8H,2H2,1H3. The molecule has 0 aliphatic carbocycles.